The third kappa shape index (κ3) is 3.76. The predicted molar refractivity (Wildman–Crippen MR) is 97.1 cm³/mol. The van der Waals surface area contributed by atoms with Crippen LogP contribution in [0.4, 0.5) is 5.69 Å². The molecule has 1 N–H and O–H groups in total. The highest BCUT2D eigenvalue weighted by Crippen LogP contribution is 2.44. The molecule has 128 valence electrons. The Bertz CT molecular complexity index is 685. The van der Waals surface area contributed by atoms with Crippen molar-refractivity contribution in [3.63, 3.8) is 0 Å². The lowest BCUT2D eigenvalue weighted by molar-refractivity contribution is -0.120. The van der Waals surface area contributed by atoms with Gasteiger partial charge in [-0.1, -0.05) is 13.0 Å². The molecule has 0 saturated carbocycles. The zero-order valence-electron chi connectivity index (χ0n) is 15.1. The Hall–Kier alpha value is -2.35. The number of amides is 1. The number of hydrogen-bond donors (Lipinski definition) is 1. The Morgan fingerprint density at radius 2 is 2.25 bits per heavy atom. The van der Waals surface area contributed by atoms with Crippen LogP contribution in [-0.4, -0.2) is 23.7 Å². The molecule has 0 aliphatic carbocycles. The Morgan fingerprint density at radius 3 is 2.88 bits per heavy atom. The first-order chi connectivity index (χ1) is 11.3. The van der Waals surface area contributed by atoms with Crippen LogP contribution in [0.25, 0.3) is 0 Å². The van der Waals surface area contributed by atoms with Crippen molar-refractivity contribution in [2.75, 3.05) is 4.90 Å². The third-order valence-electron chi connectivity index (χ3n) is 4.46. The fraction of sp³-hybridized carbons (Fsp3) is 0.526. The number of anilines is 1. The molecule has 2 rings (SSSR count). The summed E-state index contributed by atoms with van der Waals surface area (Å²) < 4.78 is 0. The predicted octanol–water partition coefficient (Wildman–Crippen LogP) is 3.55. The first-order valence-electron chi connectivity index (χ1n) is 8.38. The maximum atomic E-state index is 11.3. The number of rotatable bonds is 4. The SMILES string of the molecule is CC(C)N1c2ccc(/C=N\NC(=O)CC#N)cc2[C@H](C)CC1(C)C. The second-order valence-electron chi connectivity index (χ2n) is 7.33. The van der Waals surface area contributed by atoms with Gasteiger partial charge in [-0.25, -0.2) is 5.43 Å². The molecule has 0 saturated heterocycles. The molecular formula is C19H26N4O. The lowest BCUT2D eigenvalue weighted by Gasteiger charge is -2.50. The van der Waals surface area contributed by atoms with E-state index in [0.717, 1.165) is 12.0 Å². The lowest BCUT2D eigenvalue weighted by Crippen LogP contribution is -2.51. The molecule has 1 aliphatic rings. The van der Waals surface area contributed by atoms with Crippen LogP contribution < -0.4 is 10.3 Å². The van der Waals surface area contributed by atoms with Crippen molar-refractivity contribution in [2.45, 2.75) is 65.0 Å². The first kappa shape index (κ1) is 18.0. The highest BCUT2D eigenvalue weighted by molar-refractivity contribution is 5.84. The fourth-order valence-electron chi connectivity index (χ4n) is 3.82. The van der Waals surface area contributed by atoms with Crippen LogP contribution in [0.15, 0.2) is 23.3 Å². The van der Waals surface area contributed by atoms with Crippen LogP contribution >= 0.6 is 0 Å². The van der Waals surface area contributed by atoms with Gasteiger partial charge in [-0.3, -0.25) is 4.79 Å². The lowest BCUT2D eigenvalue weighted by atomic mass is 9.79. The average Bonchev–Trinajstić information content (AvgIpc) is 2.46. The Kier molecular flexibility index (Phi) is 5.28. The maximum Gasteiger partial charge on any atom is 0.254 e. The number of nitrogens with zero attached hydrogens (tertiary/aromatic N) is 3. The minimum atomic E-state index is -0.396. The third-order valence-corrected chi connectivity index (χ3v) is 4.46. The molecule has 1 aliphatic heterocycles. The largest absolute Gasteiger partial charge is 0.364 e. The first-order valence-corrected chi connectivity index (χ1v) is 8.38. The Morgan fingerprint density at radius 1 is 1.54 bits per heavy atom. The normalized spacial score (nSPS) is 19.2. The molecule has 5 nitrogen and oxygen atoms in total. The Balaban J connectivity index is 2.27. The van der Waals surface area contributed by atoms with Gasteiger partial charge in [0.25, 0.3) is 5.91 Å². The molecule has 0 bridgehead atoms. The van der Waals surface area contributed by atoms with Crippen molar-refractivity contribution in [1.29, 1.82) is 5.26 Å². The van der Waals surface area contributed by atoms with Crippen molar-refractivity contribution < 1.29 is 4.79 Å². The van der Waals surface area contributed by atoms with E-state index >= 15 is 0 Å². The van der Waals surface area contributed by atoms with Crippen molar-refractivity contribution in [3.05, 3.63) is 29.3 Å². The minimum Gasteiger partial charge on any atom is -0.364 e. The van der Waals surface area contributed by atoms with Gasteiger partial charge < -0.3 is 4.90 Å². The number of nitrogens with one attached hydrogen (secondary N) is 1. The highest BCUT2D eigenvalue weighted by Gasteiger charge is 2.37. The van der Waals surface area contributed by atoms with Crippen LogP contribution in [0.3, 0.4) is 0 Å². The molecule has 1 aromatic carbocycles. The number of carbonyl (C=O) groups excluding carboxylic acids is 1. The molecule has 0 radical (unpaired) electrons. The van der Waals surface area contributed by atoms with Crippen molar-refractivity contribution in [2.24, 2.45) is 5.10 Å². The van der Waals surface area contributed by atoms with Gasteiger partial charge in [0.2, 0.25) is 0 Å². The van der Waals surface area contributed by atoms with Gasteiger partial charge in [0, 0.05) is 17.3 Å². The molecule has 1 atom stereocenters. The zero-order chi connectivity index (χ0) is 17.9. The van der Waals surface area contributed by atoms with E-state index < -0.39 is 5.91 Å². The van der Waals surface area contributed by atoms with Gasteiger partial charge in [0.05, 0.1) is 12.3 Å². The summed E-state index contributed by atoms with van der Waals surface area (Å²) in [6.45, 7) is 11.3. The van der Waals surface area contributed by atoms with Crippen LogP contribution in [-0.2, 0) is 4.79 Å². The van der Waals surface area contributed by atoms with Gasteiger partial charge in [-0.15, -0.1) is 0 Å². The fourth-order valence-corrected chi connectivity index (χ4v) is 3.82. The van der Waals surface area contributed by atoms with Crippen molar-refractivity contribution in [3.8, 4) is 6.07 Å². The summed E-state index contributed by atoms with van der Waals surface area (Å²) in [4.78, 5) is 13.7. The monoisotopic (exact) mass is 326 g/mol. The number of fused-ring (bicyclic) bond motifs is 1. The summed E-state index contributed by atoms with van der Waals surface area (Å²) in [5.41, 5.74) is 6.03. The molecule has 5 heteroatoms. The number of hydrogen-bond acceptors (Lipinski definition) is 4. The van der Waals surface area contributed by atoms with E-state index in [1.807, 2.05) is 6.07 Å². The molecule has 0 aromatic heterocycles. The van der Waals surface area contributed by atoms with Crippen LogP contribution in [0, 0.1) is 11.3 Å². The topological polar surface area (TPSA) is 68.5 Å². The summed E-state index contributed by atoms with van der Waals surface area (Å²) >= 11 is 0. The molecular weight excluding hydrogens is 300 g/mol. The van der Waals surface area contributed by atoms with E-state index in [0.29, 0.717) is 12.0 Å². The molecule has 1 amide bonds. The smallest absolute Gasteiger partial charge is 0.254 e. The summed E-state index contributed by atoms with van der Waals surface area (Å²) in [6, 6.07) is 8.52. The molecule has 0 spiro atoms. The van der Waals surface area contributed by atoms with Crippen molar-refractivity contribution >= 4 is 17.8 Å². The molecule has 0 unspecified atom stereocenters. The van der Waals surface area contributed by atoms with Crippen molar-refractivity contribution in [1.82, 2.24) is 5.43 Å². The summed E-state index contributed by atoms with van der Waals surface area (Å²) in [6.07, 6.45) is 2.54. The molecule has 1 aromatic rings. The van der Waals surface area contributed by atoms with Crippen LogP contribution in [0.5, 0.6) is 0 Å². The van der Waals surface area contributed by atoms with E-state index in [-0.39, 0.29) is 12.0 Å². The van der Waals surface area contributed by atoms with Gasteiger partial charge in [-0.05, 0) is 63.3 Å². The van der Waals surface area contributed by atoms with Gasteiger partial charge in [-0.2, -0.15) is 10.4 Å². The minimum absolute atomic E-state index is 0.126. The second-order valence-corrected chi connectivity index (χ2v) is 7.33. The Labute approximate surface area is 144 Å². The molecule has 0 fully saturated rings. The molecule has 1 heterocycles. The van der Waals surface area contributed by atoms with E-state index in [9.17, 15) is 4.79 Å². The summed E-state index contributed by atoms with van der Waals surface area (Å²) in [5.74, 6) is 0.0688. The standard InChI is InChI=1S/C19H26N4O/c1-13(2)23-17-7-6-15(12-21-22-18(24)8-9-20)10-16(17)14(3)11-19(23,4)5/h6-7,10,12-14H,8,11H2,1-5H3,(H,22,24)/b21-12-/t14-/m1/s1. The van der Waals surface area contributed by atoms with E-state index in [1.54, 1.807) is 12.3 Å². The second kappa shape index (κ2) is 7.04. The van der Waals surface area contributed by atoms with Gasteiger partial charge >= 0.3 is 0 Å². The van der Waals surface area contributed by atoms with Crippen LogP contribution in [0.1, 0.15) is 64.5 Å². The average molecular weight is 326 g/mol. The number of carbonyl (C=O) groups is 1. The number of hydrazone groups is 1. The van der Waals surface area contributed by atoms with Gasteiger partial charge in [0.15, 0.2) is 0 Å². The number of nitriles is 1. The van der Waals surface area contributed by atoms with E-state index in [1.165, 1.54) is 11.3 Å². The highest BCUT2D eigenvalue weighted by atomic mass is 16.2. The molecule has 24 heavy (non-hydrogen) atoms. The quantitative estimate of drug-likeness (QED) is 0.679. The summed E-state index contributed by atoms with van der Waals surface area (Å²) in [5, 5.41) is 12.4. The van der Waals surface area contributed by atoms with E-state index in [2.05, 4.69) is 62.2 Å². The van der Waals surface area contributed by atoms with Crippen LogP contribution in [0.2, 0.25) is 0 Å². The maximum absolute atomic E-state index is 11.3. The number of benzene rings is 1. The zero-order valence-corrected chi connectivity index (χ0v) is 15.1. The van der Waals surface area contributed by atoms with E-state index in [4.69, 9.17) is 5.26 Å². The van der Waals surface area contributed by atoms with Gasteiger partial charge in [0.1, 0.15) is 6.42 Å². The summed E-state index contributed by atoms with van der Waals surface area (Å²) in [7, 11) is 0.